The first kappa shape index (κ1) is 24.1. The molecule has 1 amide bonds. The highest BCUT2D eigenvalue weighted by Gasteiger charge is 2.47. The van der Waals surface area contributed by atoms with Gasteiger partial charge in [0.05, 0.1) is 45.8 Å². The number of hydrogen-bond donors (Lipinski definition) is 1. The first-order valence-corrected chi connectivity index (χ1v) is 11.5. The Bertz CT molecular complexity index is 1350. The molecule has 1 atom stereocenters. The van der Waals surface area contributed by atoms with E-state index in [0.717, 1.165) is 0 Å². The zero-order chi connectivity index (χ0) is 26.1. The van der Waals surface area contributed by atoms with Gasteiger partial charge in [-0.3, -0.25) is 9.59 Å². The lowest BCUT2D eigenvalue weighted by molar-refractivity contribution is -0.140. The number of likely N-dealkylation sites (tertiary alicyclic amines) is 1. The lowest BCUT2D eigenvalue weighted by Crippen LogP contribution is -2.29. The summed E-state index contributed by atoms with van der Waals surface area (Å²) < 4.78 is 33.1. The van der Waals surface area contributed by atoms with Crippen LogP contribution < -0.4 is 23.7 Å². The van der Waals surface area contributed by atoms with Gasteiger partial charge in [-0.05, 0) is 48.0 Å². The average Bonchev–Trinajstić information content (AvgIpc) is 3.53. The van der Waals surface area contributed by atoms with Crippen molar-refractivity contribution in [3.05, 3.63) is 71.2 Å². The summed E-state index contributed by atoms with van der Waals surface area (Å²) in [6.07, 6.45) is 1.48. The number of fused-ring (bicyclic) bond motifs is 1. The Kier molecular flexibility index (Phi) is 6.39. The van der Waals surface area contributed by atoms with Crippen LogP contribution in [0.2, 0.25) is 0 Å². The van der Waals surface area contributed by atoms with E-state index in [1.165, 1.54) is 32.5 Å². The molecule has 5 rings (SSSR count). The molecular formula is C27H25NO9. The Hall–Kier alpha value is -4.60. The van der Waals surface area contributed by atoms with Gasteiger partial charge in [-0.2, -0.15) is 0 Å². The molecule has 37 heavy (non-hydrogen) atoms. The SMILES string of the molecule is COc1cc([C@H]2C(=C(O)c3ccc4c(c3)OCCO4)C(=O)C(=O)N2Cc2ccco2)cc(OC)c1OC. The average molecular weight is 507 g/mol. The van der Waals surface area contributed by atoms with Crippen molar-refractivity contribution in [2.45, 2.75) is 12.6 Å². The molecule has 0 aliphatic carbocycles. The van der Waals surface area contributed by atoms with E-state index >= 15 is 0 Å². The molecule has 2 aromatic carbocycles. The molecule has 0 saturated carbocycles. The zero-order valence-electron chi connectivity index (χ0n) is 20.5. The quantitative estimate of drug-likeness (QED) is 0.290. The van der Waals surface area contributed by atoms with Crippen molar-refractivity contribution in [3.8, 4) is 28.7 Å². The second-order valence-corrected chi connectivity index (χ2v) is 8.32. The van der Waals surface area contributed by atoms with Gasteiger partial charge in [0.15, 0.2) is 23.0 Å². The van der Waals surface area contributed by atoms with Crippen molar-refractivity contribution in [3.63, 3.8) is 0 Å². The van der Waals surface area contributed by atoms with Gasteiger partial charge in [0.2, 0.25) is 5.75 Å². The van der Waals surface area contributed by atoms with Crippen LogP contribution in [-0.4, -0.2) is 56.2 Å². The number of amides is 1. The Morgan fingerprint density at radius 1 is 0.973 bits per heavy atom. The minimum absolute atomic E-state index is 0.00316. The predicted octanol–water partition coefficient (Wildman–Crippen LogP) is 3.70. The molecular weight excluding hydrogens is 482 g/mol. The highest BCUT2D eigenvalue weighted by atomic mass is 16.6. The number of ketones is 1. The molecule has 2 aliphatic rings. The van der Waals surface area contributed by atoms with Crippen LogP contribution in [0.1, 0.15) is 22.9 Å². The Morgan fingerprint density at radius 3 is 2.30 bits per heavy atom. The van der Waals surface area contributed by atoms with E-state index in [1.807, 2.05) is 0 Å². The van der Waals surface area contributed by atoms with Crippen LogP contribution >= 0.6 is 0 Å². The lowest BCUT2D eigenvalue weighted by atomic mass is 9.94. The molecule has 1 N–H and O–H groups in total. The molecule has 10 heteroatoms. The van der Waals surface area contributed by atoms with Gasteiger partial charge >= 0.3 is 0 Å². The summed E-state index contributed by atoms with van der Waals surface area (Å²) in [7, 11) is 4.41. The zero-order valence-corrected chi connectivity index (χ0v) is 20.5. The minimum Gasteiger partial charge on any atom is -0.507 e. The van der Waals surface area contributed by atoms with Gasteiger partial charge < -0.3 is 38.1 Å². The van der Waals surface area contributed by atoms with Crippen LogP contribution in [0.3, 0.4) is 0 Å². The lowest BCUT2D eigenvalue weighted by Gasteiger charge is -2.26. The number of ether oxygens (including phenoxy) is 5. The topological polar surface area (TPSA) is 117 Å². The van der Waals surface area contributed by atoms with E-state index in [0.29, 0.717) is 58.8 Å². The van der Waals surface area contributed by atoms with Crippen molar-refractivity contribution in [1.82, 2.24) is 4.90 Å². The van der Waals surface area contributed by atoms with Crippen LogP contribution in [0, 0.1) is 0 Å². The molecule has 3 aromatic rings. The normalized spacial score (nSPS) is 18.1. The molecule has 10 nitrogen and oxygen atoms in total. The molecule has 0 unspecified atom stereocenters. The Morgan fingerprint density at radius 2 is 1.68 bits per heavy atom. The maximum Gasteiger partial charge on any atom is 0.296 e. The summed E-state index contributed by atoms with van der Waals surface area (Å²) in [6.45, 7) is 0.768. The summed E-state index contributed by atoms with van der Waals surface area (Å²) in [5.74, 6) is 0.483. The monoisotopic (exact) mass is 507 g/mol. The van der Waals surface area contributed by atoms with Crippen molar-refractivity contribution in [2.75, 3.05) is 34.5 Å². The van der Waals surface area contributed by atoms with E-state index in [2.05, 4.69) is 0 Å². The molecule has 1 aromatic heterocycles. The summed E-state index contributed by atoms with van der Waals surface area (Å²) in [5, 5.41) is 11.4. The molecule has 1 saturated heterocycles. The molecule has 2 aliphatic heterocycles. The summed E-state index contributed by atoms with van der Waals surface area (Å²) >= 11 is 0. The first-order chi connectivity index (χ1) is 18.0. The van der Waals surface area contributed by atoms with Gasteiger partial charge in [-0.1, -0.05) is 0 Å². The van der Waals surface area contributed by atoms with Crippen LogP contribution in [0.15, 0.2) is 58.7 Å². The molecule has 192 valence electrons. The van der Waals surface area contributed by atoms with Crippen molar-refractivity contribution in [1.29, 1.82) is 0 Å². The standard InChI is InChI=1S/C27H25NO9/c1-32-20-12-16(13-21(33-2)26(20)34-3)23-22(25(30)27(31)28(23)14-17-5-4-8-35-17)24(29)15-6-7-18-19(11-15)37-10-9-36-18/h4-8,11-13,23,29H,9-10,14H2,1-3H3/t23-/m0/s1. The Labute approximate surface area is 212 Å². The van der Waals surface area contributed by atoms with Crippen LogP contribution in [0.25, 0.3) is 5.76 Å². The van der Waals surface area contributed by atoms with Gasteiger partial charge in [0.1, 0.15) is 24.7 Å². The third-order valence-corrected chi connectivity index (χ3v) is 6.26. The van der Waals surface area contributed by atoms with Gasteiger partial charge in [-0.15, -0.1) is 0 Å². The fourth-order valence-corrected chi connectivity index (χ4v) is 4.57. The van der Waals surface area contributed by atoms with Crippen LogP contribution in [0.4, 0.5) is 0 Å². The van der Waals surface area contributed by atoms with E-state index in [1.54, 1.807) is 42.5 Å². The van der Waals surface area contributed by atoms with Crippen molar-refractivity contribution in [2.24, 2.45) is 0 Å². The molecule has 1 fully saturated rings. The number of Topliss-reactive ketones (excluding diaryl/α,β-unsaturated/α-hetero) is 1. The van der Waals surface area contributed by atoms with Crippen molar-refractivity contribution >= 4 is 17.4 Å². The van der Waals surface area contributed by atoms with E-state index in [4.69, 9.17) is 28.1 Å². The number of rotatable bonds is 7. The van der Waals surface area contributed by atoms with Gasteiger partial charge in [0, 0.05) is 5.56 Å². The molecule has 0 bridgehead atoms. The van der Waals surface area contributed by atoms with E-state index in [-0.39, 0.29) is 17.9 Å². The number of methoxy groups -OCH3 is 3. The largest absolute Gasteiger partial charge is 0.507 e. The minimum atomic E-state index is -0.980. The number of carbonyl (C=O) groups is 2. The summed E-state index contributed by atoms with van der Waals surface area (Å²) in [6, 6.07) is 10.5. The highest BCUT2D eigenvalue weighted by Crippen LogP contribution is 2.46. The second-order valence-electron chi connectivity index (χ2n) is 8.32. The maximum atomic E-state index is 13.4. The van der Waals surface area contributed by atoms with Crippen molar-refractivity contribution < 1.29 is 42.8 Å². The third-order valence-electron chi connectivity index (χ3n) is 6.26. The number of nitrogens with zero attached hydrogens (tertiary/aromatic N) is 1. The highest BCUT2D eigenvalue weighted by molar-refractivity contribution is 6.46. The predicted molar refractivity (Wildman–Crippen MR) is 130 cm³/mol. The smallest absolute Gasteiger partial charge is 0.296 e. The fourth-order valence-electron chi connectivity index (χ4n) is 4.57. The molecule has 3 heterocycles. The second kappa shape index (κ2) is 9.81. The summed E-state index contributed by atoms with van der Waals surface area (Å²) in [5.41, 5.74) is 0.680. The summed E-state index contributed by atoms with van der Waals surface area (Å²) in [4.78, 5) is 28.0. The van der Waals surface area contributed by atoms with Gasteiger partial charge in [-0.25, -0.2) is 0 Å². The van der Waals surface area contributed by atoms with Crippen LogP contribution in [-0.2, 0) is 16.1 Å². The van der Waals surface area contributed by atoms with Gasteiger partial charge in [0.25, 0.3) is 11.7 Å². The van der Waals surface area contributed by atoms with Crippen LogP contribution in [0.5, 0.6) is 28.7 Å². The maximum absolute atomic E-state index is 13.4. The third kappa shape index (κ3) is 4.20. The fraction of sp³-hybridized carbons (Fsp3) is 0.259. The number of furan rings is 1. The van der Waals surface area contributed by atoms with E-state index in [9.17, 15) is 14.7 Å². The Balaban J connectivity index is 1.69. The number of carbonyl (C=O) groups excluding carboxylic acids is 2. The molecule has 0 radical (unpaired) electrons. The number of hydrogen-bond acceptors (Lipinski definition) is 9. The number of benzene rings is 2. The number of aliphatic hydroxyl groups excluding tert-OH is 1. The number of aliphatic hydroxyl groups is 1. The first-order valence-electron chi connectivity index (χ1n) is 11.5. The van der Waals surface area contributed by atoms with E-state index < -0.39 is 17.7 Å². The molecule has 0 spiro atoms.